The fourth-order valence-corrected chi connectivity index (χ4v) is 3.37. The highest BCUT2D eigenvalue weighted by atomic mass is 16.2. The number of para-hydroxylation sites is 1. The Kier molecular flexibility index (Phi) is 4.75. The Balaban J connectivity index is 1.68. The fraction of sp³-hybridized carbons (Fsp3) is 0.136. The van der Waals surface area contributed by atoms with Crippen LogP contribution in [-0.2, 0) is 14.4 Å². The Morgan fingerprint density at radius 2 is 1.63 bits per heavy atom. The number of nitrogens with one attached hydrogen (secondary N) is 1. The number of benzene rings is 2. The van der Waals surface area contributed by atoms with Crippen molar-refractivity contribution in [3.63, 3.8) is 0 Å². The maximum atomic E-state index is 13.0. The van der Waals surface area contributed by atoms with Gasteiger partial charge >= 0.3 is 6.03 Å². The number of anilines is 2. The van der Waals surface area contributed by atoms with E-state index in [-0.39, 0.29) is 11.5 Å². The molecule has 2 heterocycles. The van der Waals surface area contributed by atoms with Gasteiger partial charge < -0.3 is 0 Å². The van der Waals surface area contributed by atoms with Crippen LogP contribution in [0.1, 0.15) is 12.5 Å². The predicted octanol–water partition coefficient (Wildman–Crippen LogP) is 2.54. The van der Waals surface area contributed by atoms with Gasteiger partial charge in [0.2, 0.25) is 0 Å². The molecule has 2 aliphatic heterocycles. The highest BCUT2D eigenvalue weighted by Gasteiger charge is 2.40. The van der Waals surface area contributed by atoms with Gasteiger partial charge in [0.05, 0.1) is 23.0 Å². The van der Waals surface area contributed by atoms with Crippen LogP contribution in [0.2, 0.25) is 0 Å². The number of carbonyl (C=O) groups excluding carboxylic acids is 4. The summed E-state index contributed by atoms with van der Waals surface area (Å²) in [5.74, 6) is -2.89. The quantitative estimate of drug-likeness (QED) is 0.630. The zero-order valence-electron chi connectivity index (χ0n) is 16.3. The first-order chi connectivity index (χ1) is 14.4. The second kappa shape index (κ2) is 7.40. The molecule has 2 aromatic carbocycles. The number of amides is 5. The monoisotopic (exact) mass is 402 g/mol. The van der Waals surface area contributed by atoms with Crippen molar-refractivity contribution >= 4 is 40.8 Å². The Hall–Kier alpha value is -4.07. The van der Waals surface area contributed by atoms with Crippen molar-refractivity contribution in [1.29, 1.82) is 0 Å². The second-order valence-electron chi connectivity index (χ2n) is 7.02. The van der Waals surface area contributed by atoms with Crippen molar-refractivity contribution in [1.82, 2.24) is 5.32 Å². The number of aryl methyl sites for hydroxylation is 1. The Labute approximate surface area is 172 Å². The predicted molar refractivity (Wildman–Crippen MR) is 111 cm³/mol. The summed E-state index contributed by atoms with van der Waals surface area (Å²) < 4.78 is 0. The maximum absolute atomic E-state index is 13.0. The van der Waals surface area contributed by atoms with Crippen LogP contribution < -0.4 is 15.2 Å². The molecule has 0 aromatic heterocycles. The van der Waals surface area contributed by atoms with Gasteiger partial charge in [-0.05, 0) is 49.8 Å². The number of hydrogen-bond donors (Lipinski definition) is 1. The summed E-state index contributed by atoms with van der Waals surface area (Å²) in [6, 6.07) is 14.8. The van der Waals surface area contributed by atoms with E-state index < -0.39 is 23.8 Å². The van der Waals surface area contributed by atoms with Gasteiger partial charge in [-0.1, -0.05) is 30.3 Å². The van der Waals surface area contributed by atoms with Crippen molar-refractivity contribution in [2.45, 2.75) is 13.8 Å². The molecular formula is C22H18N4O4. The first-order valence-electron chi connectivity index (χ1n) is 9.29. The molecule has 4 rings (SSSR count). The Morgan fingerprint density at radius 3 is 2.33 bits per heavy atom. The van der Waals surface area contributed by atoms with Gasteiger partial charge in [0.15, 0.2) is 0 Å². The lowest BCUT2D eigenvalue weighted by Crippen LogP contribution is -2.54. The van der Waals surface area contributed by atoms with E-state index in [1.165, 1.54) is 11.1 Å². The van der Waals surface area contributed by atoms with Crippen molar-refractivity contribution in [3.05, 3.63) is 71.8 Å². The van der Waals surface area contributed by atoms with Crippen LogP contribution in [0.4, 0.5) is 16.2 Å². The molecule has 0 bridgehead atoms. The molecule has 0 radical (unpaired) electrons. The highest BCUT2D eigenvalue weighted by molar-refractivity contribution is 6.38. The summed E-state index contributed by atoms with van der Waals surface area (Å²) in [5, 5.41) is 7.68. The lowest BCUT2D eigenvalue weighted by atomic mass is 9.98. The molecule has 1 fully saturated rings. The molecule has 2 aliphatic rings. The number of carbonyl (C=O) groups is 4. The molecule has 8 heteroatoms. The SMILES string of the molecule is CC1=NN(c2ccccc2)C(=O)C1C=C1C(=O)NC(=O)N(c2cccc(C)c2)C1=O. The number of hydrazone groups is 1. The first-order valence-corrected chi connectivity index (χ1v) is 9.29. The van der Waals surface area contributed by atoms with E-state index in [0.717, 1.165) is 10.5 Å². The van der Waals surface area contributed by atoms with Gasteiger partial charge in [0.1, 0.15) is 5.57 Å². The number of imide groups is 2. The lowest BCUT2D eigenvalue weighted by Gasteiger charge is -2.27. The standard InChI is InChI=1S/C22H18N4O4/c1-13-7-6-10-16(11-13)25-20(28)18(19(27)23-22(25)30)12-17-14(2)24-26(21(17)29)15-8-4-3-5-9-15/h3-12,17H,1-2H3,(H,23,27,30). The summed E-state index contributed by atoms with van der Waals surface area (Å²) >= 11 is 0. The first kappa shape index (κ1) is 19.3. The number of rotatable bonds is 3. The van der Waals surface area contributed by atoms with E-state index in [2.05, 4.69) is 10.4 Å². The van der Waals surface area contributed by atoms with Gasteiger partial charge in [-0.2, -0.15) is 10.1 Å². The summed E-state index contributed by atoms with van der Waals surface area (Å²) in [6.07, 6.45) is 1.27. The van der Waals surface area contributed by atoms with Crippen molar-refractivity contribution in [2.24, 2.45) is 11.0 Å². The molecule has 1 saturated heterocycles. The molecule has 1 N–H and O–H groups in total. The van der Waals surface area contributed by atoms with Crippen molar-refractivity contribution < 1.29 is 19.2 Å². The van der Waals surface area contributed by atoms with Gasteiger partial charge in [0.25, 0.3) is 17.7 Å². The smallest absolute Gasteiger partial charge is 0.273 e. The largest absolute Gasteiger partial charge is 0.335 e. The molecule has 150 valence electrons. The van der Waals surface area contributed by atoms with E-state index in [1.54, 1.807) is 49.4 Å². The van der Waals surface area contributed by atoms with Crippen LogP contribution in [-0.4, -0.2) is 29.5 Å². The molecule has 0 aliphatic carbocycles. The third-order valence-electron chi connectivity index (χ3n) is 4.88. The molecular weight excluding hydrogens is 384 g/mol. The average Bonchev–Trinajstić information content (AvgIpc) is 2.99. The van der Waals surface area contributed by atoms with Gasteiger partial charge in [0, 0.05) is 0 Å². The van der Waals surface area contributed by atoms with E-state index in [4.69, 9.17) is 0 Å². The lowest BCUT2D eigenvalue weighted by molar-refractivity contribution is -0.122. The minimum absolute atomic E-state index is 0.279. The number of urea groups is 1. The summed E-state index contributed by atoms with van der Waals surface area (Å²) in [6.45, 7) is 3.48. The minimum atomic E-state index is -0.887. The van der Waals surface area contributed by atoms with Crippen LogP contribution in [0.5, 0.6) is 0 Å². The molecule has 0 saturated carbocycles. The van der Waals surface area contributed by atoms with Crippen LogP contribution in [0.25, 0.3) is 0 Å². The zero-order valence-corrected chi connectivity index (χ0v) is 16.3. The van der Waals surface area contributed by atoms with E-state index in [9.17, 15) is 19.2 Å². The molecule has 5 amide bonds. The van der Waals surface area contributed by atoms with E-state index >= 15 is 0 Å². The third kappa shape index (κ3) is 3.28. The molecule has 8 nitrogen and oxygen atoms in total. The van der Waals surface area contributed by atoms with Crippen LogP contribution in [0, 0.1) is 12.8 Å². The number of hydrogen-bond acceptors (Lipinski definition) is 5. The van der Waals surface area contributed by atoms with Crippen molar-refractivity contribution in [2.75, 3.05) is 9.91 Å². The number of nitrogens with zero attached hydrogens (tertiary/aromatic N) is 3. The highest BCUT2D eigenvalue weighted by Crippen LogP contribution is 2.27. The minimum Gasteiger partial charge on any atom is -0.273 e. The fourth-order valence-electron chi connectivity index (χ4n) is 3.37. The van der Waals surface area contributed by atoms with Gasteiger partial charge in [-0.3, -0.25) is 19.7 Å². The molecule has 1 unspecified atom stereocenters. The second-order valence-corrected chi connectivity index (χ2v) is 7.02. The Bertz CT molecular complexity index is 1140. The van der Waals surface area contributed by atoms with Crippen LogP contribution in [0.15, 0.2) is 71.3 Å². The summed E-state index contributed by atoms with van der Waals surface area (Å²) in [7, 11) is 0. The van der Waals surface area contributed by atoms with Gasteiger partial charge in [-0.15, -0.1) is 0 Å². The van der Waals surface area contributed by atoms with Crippen LogP contribution >= 0.6 is 0 Å². The van der Waals surface area contributed by atoms with Crippen molar-refractivity contribution in [3.8, 4) is 0 Å². The summed E-state index contributed by atoms with van der Waals surface area (Å²) in [5.41, 5.74) is 1.93. The van der Waals surface area contributed by atoms with Gasteiger partial charge in [-0.25, -0.2) is 9.69 Å². The number of barbiturate groups is 1. The zero-order chi connectivity index (χ0) is 21.4. The normalized spacial score (nSPS) is 20.7. The molecule has 0 spiro atoms. The van der Waals surface area contributed by atoms with E-state index in [0.29, 0.717) is 17.1 Å². The Morgan fingerprint density at radius 1 is 0.933 bits per heavy atom. The summed E-state index contributed by atoms with van der Waals surface area (Å²) in [4.78, 5) is 51.5. The third-order valence-corrected chi connectivity index (χ3v) is 4.88. The van der Waals surface area contributed by atoms with Crippen LogP contribution in [0.3, 0.4) is 0 Å². The van der Waals surface area contributed by atoms with E-state index in [1.807, 2.05) is 19.1 Å². The topological polar surface area (TPSA) is 99.2 Å². The maximum Gasteiger partial charge on any atom is 0.335 e. The molecule has 2 aromatic rings. The molecule has 30 heavy (non-hydrogen) atoms. The average molecular weight is 402 g/mol. The molecule has 1 atom stereocenters.